The van der Waals surface area contributed by atoms with Crippen LogP contribution in [0.15, 0.2) is 70.9 Å². The monoisotopic (exact) mass is 552 g/mol. The van der Waals surface area contributed by atoms with E-state index in [1.54, 1.807) is 23.5 Å². The number of carbonyl (C=O) groups excluding carboxylic acids is 1. The van der Waals surface area contributed by atoms with Crippen LogP contribution in [0.3, 0.4) is 0 Å². The summed E-state index contributed by atoms with van der Waals surface area (Å²) in [5.41, 5.74) is -0.120. The number of ether oxygens (including phenoxy) is 1. The zero-order chi connectivity index (χ0) is 24.8. The fraction of sp³-hybridized carbons (Fsp3) is 0.261. The first-order valence-corrected chi connectivity index (χ1v) is 13.2. The first-order chi connectivity index (χ1) is 16.8. The Kier molecular flexibility index (Phi) is 9.40. The van der Waals surface area contributed by atoms with Crippen LogP contribution in [0.1, 0.15) is 21.3 Å². The van der Waals surface area contributed by atoms with Crippen LogP contribution < -0.4 is 10.0 Å². The molecule has 0 radical (unpaired) electrons. The summed E-state index contributed by atoms with van der Waals surface area (Å²) in [5.74, 6) is -0.433. The van der Waals surface area contributed by atoms with Gasteiger partial charge in [0.15, 0.2) is 0 Å². The van der Waals surface area contributed by atoms with Gasteiger partial charge in [-0.25, -0.2) is 8.42 Å². The predicted molar refractivity (Wildman–Crippen MR) is 139 cm³/mol. The zero-order valence-electron chi connectivity index (χ0n) is 19.0. The van der Waals surface area contributed by atoms with Crippen molar-refractivity contribution in [2.24, 2.45) is 0 Å². The molecule has 36 heavy (non-hydrogen) atoms. The maximum atomic E-state index is 13.1. The molecule has 1 fully saturated rings. The second kappa shape index (κ2) is 12.3. The van der Waals surface area contributed by atoms with Gasteiger partial charge in [0.25, 0.3) is 21.6 Å². The maximum Gasteiger partial charge on any atom is 0.270 e. The van der Waals surface area contributed by atoms with E-state index in [1.165, 1.54) is 30.3 Å². The second-order valence-corrected chi connectivity index (χ2v) is 10.5. The molecular weight excluding hydrogens is 528 g/mol. The number of benzene rings is 2. The van der Waals surface area contributed by atoms with E-state index in [0.29, 0.717) is 19.8 Å². The molecule has 1 saturated heterocycles. The van der Waals surface area contributed by atoms with Crippen LogP contribution in [-0.2, 0) is 14.8 Å². The molecule has 10 nitrogen and oxygen atoms in total. The molecule has 2 N–H and O–H groups in total. The summed E-state index contributed by atoms with van der Waals surface area (Å²) < 4.78 is 33.6. The third-order valence-electron chi connectivity index (χ3n) is 5.57. The van der Waals surface area contributed by atoms with Gasteiger partial charge in [-0.2, -0.15) is 0 Å². The van der Waals surface area contributed by atoms with E-state index in [1.807, 2.05) is 17.5 Å². The number of anilines is 1. The van der Waals surface area contributed by atoms with Gasteiger partial charge in [-0.05, 0) is 29.6 Å². The van der Waals surface area contributed by atoms with Gasteiger partial charge in [0.1, 0.15) is 0 Å². The van der Waals surface area contributed by atoms with Crippen LogP contribution in [0.5, 0.6) is 0 Å². The number of halogens is 1. The smallest absolute Gasteiger partial charge is 0.270 e. The van der Waals surface area contributed by atoms with Crippen molar-refractivity contribution < 1.29 is 22.9 Å². The van der Waals surface area contributed by atoms with E-state index < -0.39 is 20.9 Å². The van der Waals surface area contributed by atoms with Crippen molar-refractivity contribution in [2.45, 2.75) is 10.9 Å². The summed E-state index contributed by atoms with van der Waals surface area (Å²) in [4.78, 5) is 26.6. The highest BCUT2D eigenvalue weighted by molar-refractivity contribution is 7.92. The number of hydrogen-bond acceptors (Lipinski definition) is 8. The van der Waals surface area contributed by atoms with Crippen LogP contribution >= 0.6 is 23.7 Å². The van der Waals surface area contributed by atoms with Crippen molar-refractivity contribution in [1.82, 2.24) is 10.2 Å². The maximum absolute atomic E-state index is 13.1. The lowest BCUT2D eigenvalue weighted by Gasteiger charge is -2.34. The summed E-state index contributed by atoms with van der Waals surface area (Å²) in [5, 5.41) is 16.0. The highest BCUT2D eigenvalue weighted by atomic mass is 35.5. The number of carbonyl (C=O) groups is 1. The van der Waals surface area contributed by atoms with Gasteiger partial charge < -0.3 is 10.1 Å². The largest absolute Gasteiger partial charge is 0.379 e. The first kappa shape index (κ1) is 27.6. The molecule has 13 heteroatoms. The molecule has 2 aromatic carbocycles. The van der Waals surface area contributed by atoms with Crippen LogP contribution in [0.25, 0.3) is 0 Å². The number of hydrogen-bond donors (Lipinski definition) is 2. The number of morpholine rings is 1. The van der Waals surface area contributed by atoms with Gasteiger partial charge in [0.05, 0.1) is 40.3 Å². The Balaban J connectivity index is 0.00000361. The summed E-state index contributed by atoms with van der Waals surface area (Å²) in [6.45, 7) is 3.08. The van der Waals surface area contributed by atoms with E-state index in [9.17, 15) is 23.3 Å². The standard InChI is InChI=1S/C23H24N4O6S2.ClH/c28-23(24-16-21(22-9-4-14-34-22)26-10-12-33-13-11-26)19-7-1-2-8-20(19)25-35(31,32)18-6-3-5-17(15-18)27(29)30;/h1-9,14-15,21,25H,10-13,16H2,(H,24,28);1H. The molecule has 0 aliphatic carbocycles. The lowest BCUT2D eigenvalue weighted by Crippen LogP contribution is -2.43. The third-order valence-corrected chi connectivity index (χ3v) is 7.91. The van der Waals surface area contributed by atoms with Crippen LogP contribution in [0, 0.1) is 10.1 Å². The number of thiophene rings is 1. The lowest BCUT2D eigenvalue weighted by molar-refractivity contribution is -0.385. The number of nitrogens with zero attached hydrogens (tertiary/aromatic N) is 2. The van der Waals surface area contributed by atoms with Crippen LogP contribution in [0.4, 0.5) is 11.4 Å². The Morgan fingerprint density at radius 1 is 1.11 bits per heavy atom. The molecular formula is C23H25ClN4O6S2. The molecule has 1 aliphatic heterocycles. The fourth-order valence-corrected chi connectivity index (χ4v) is 5.78. The summed E-state index contributed by atoms with van der Waals surface area (Å²) in [6, 6.07) is 14.9. The van der Waals surface area contributed by atoms with Gasteiger partial charge in [-0.15, -0.1) is 23.7 Å². The SMILES string of the molecule is Cl.O=C(NCC(c1cccs1)N1CCOCC1)c1ccccc1NS(=O)(=O)c1cccc([N+](=O)[O-])c1. The van der Waals surface area contributed by atoms with E-state index in [-0.39, 0.29) is 40.3 Å². The number of nitro benzene ring substituents is 1. The number of sulfonamides is 1. The molecule has 192 valence electrons. The zero-order valence-corrected chi connectivity index (χ0v) is 21.5. The Morgan fingerprint density at radius 3 is 2.56 bits per heavy atom. The normalized spacial score (nSPS) is 14.9. The van der Waals surface area contributed by atoms with E-state index >= 15 is 0 Å². The Hall–Kier alpha value is -3.03. The molecule has 1 atom stereocenters. The van der Waals surface area contributed by atoms with Crippen LogP contribution in [0.2, 0.25) is 0 Å². The number of amides is 1. The molecule has 0 bridgehead atoms. The van der Waals surface area contributed by atoms with Crippen LogP contribution in [-0.4, -0.2) is 57.0 Å². The van der Waals surface area contributed by atoms with Gasteiger partial charge in [-0.1, -0.05) is 24.3 Å². The average Bonchev–Trinajstić information content (AvgIpc) is 3.39. The van der Waals surface area contributed by atoms with Crippen molar-refractivity contribution in [3.05, 3.63) is 86.6 Å². The summed E-state index contributed by atoms with van der Waals surface area (Å²) in [7, 11) is -4.16. The van der Waals surface area contributed by atoms with Crippen molar-refractivity contribution in [2.75, 3.05) is 37.6 Å². The van der Waals surface area contributed by atoms with E-state index in [4.69, 9.17) is 4.74 Å². The lowest BCUT2D eigenvalue weighted by atomic mass is 10.1. The Bertz CT molecular complexity index is 1300. The average molecular weight is 553 g/mol. The van der Waals surface area contributed by atoms with Crippen molar-refractivity contribution >= 4 is 51.0 Å². The van der Waals surface area contributed by atoms with E-state index in [0.717, 1.165) is 24.0 Å². The van der Waals surface area contributed by atoms with Gasteiger partial charge in [0.2, 0.25) is 0 Å². The molecule has 3 aromatic rings. The topological polar surface area (TPSA) is 131 Å². The molecule has 1 amide bonds. The highest BCUT2D eigenvalue weighted by Crippen LogP contribution is 2.26. The molecule has 2 heterocycles. The summed E-state index contributed by atoms with van der Waals surface area (Å²) >= 11 is 1.61. The Labute approximate surface area is 218 Å². The number of nitrogens with one attached hydrogen (secondary N) is 2. The fourth-order valence-electron chi connectivity index (χ4n) is 3.80. The highest BCUT2D eigenvalue weighted by Gasteiger charge is 2.25. The molecule has 0 saturated carbocycles. The van der Waals surface area contributed by atoms with Crippen molar-refractivity contribution in [1.29, 1.82) is 0 Å². The molecule has 1 aliphatic rings. The van der Waals surface area contributed by atoms with Crippen molar-refractivity contribution in [3.63, 3.8) is 0 Å². The molecule has 4 rings (SSSR count). The number of non-ortho nitro benzene ring substituents is 1. The quantitative estimate of drug-likeness (QED) is 0.306. The van der Waals surface area contributed by atoms with Gasteiger partial charge >= 0.3 is 0 Å². The Morgan fingerprint density at radius 2 is 1.86 bits per heavy atom. The van der Waals surface area contributed by atoms with Crippen molar-refractivity contribution in [3.8, 4) is 0 Å². The van der Waals surface area contributed by atoms with Gasteiger partial charge in [0, 0.05) is 36.6 Å². The number of rotatable bonds is 9. The minimum atomic E-state index is -4.16. The summed E-state index contributed by atoms with van der Waals surface area (Å²) in [6.07, 6.45) is 0. The van der Waals surface area contributed by atoms with E-state index in [2.05, 4.69) is 14.9 Å². The molecule has 1 aromatic heterocycles. The minimum Gasteiger partial charge on any atom is -0.379 e. The van der Waals surface area contributed by atoms with Gasteiger partial charge in [-0.3, -0.25) is 24.5 Å². The third kappa shape index (κ3) is 6.59. The minimum absolute atomic E-state index is 0. The molecule has 0 spiro atoms. The second-order valence-electron chi connectivity index (χ2n) is 7.80. The molecule has 1 unspecified atom stereocenters. The predicted octanol–water partition coefficient (Wildman–Crippen LogP) is 3.68. The number of para-hydroxylation sites is 1. The number of nitro groups is 1. The first-order valence-electron chi connectivity index (χ1n) is 10.8.